The number of nitrogens with one attached hydrogen (secondary N) is 3. The fourth-order valence-corrected chi connectivity index (χ4v) is 4.18. The highest BCUT2D eigenvalue weighted by molar-refractivity contribution is 7.89. The number of aromatic nitrogens is 2. The van der Waals surface area contributed by atoms with E-state index in [1.54, 1.807) is 24.5 Å². The summed E-state index contributed by atoms with van der Waals surface area (Å²) in [5.74, 6) is -1.80. The topological polar surface area (TPSA) is 180 Å². The Balaban J connectivity index is 1.50. The van der Waals surface area contributed by atoms with Gasteiger partial charge in [-0.05, 0) is 36.8 Å². The summed E-state index contributed by atoms with van der Waals surface area (Å²) in [6.45, 7) is 0.345. The van der Waals surface area contributed by atoms with Gasteiger partial charge in [0.05, 0.1) is 17.1 Å². The average Bonchev–Trinajstić information content (AvgIpc) is 2.87. The molecule has 0 aliphatic carbocycles. The maximum absolute atomic E-state index is 12.5. The van der Waals surface area contributed by atoms with Gasteiger partial charge in [0, 0.05) is 31.5 Å². The summed E-state index contributed by atoms with van der Waals surface area (Å²) in [6.07, 6.45) is 3.87. The number of hydrogen-bond donors (Lipinski definition) is 5. The van der Waals surface area contributed by atoms with Crippen molar-refractivity contribution in [3.8, 4) is 11.5 Å². The van der Waals surface area contributed by atoms with Crippen LogP contribution in [0.25, 0.3) is 0 Å². The third-order valence-corrected chi connectivity index (χ3v) is 6.26. The summed E-state index contributed by atoms with van der Waals surface area (Å²) in [7, 11) is -4.12. The quantitative estimate of drug-likeness (QED) is 0.208. The number of carbonyl (C=O) groups excluding carboxylic acids is 1. The number of sulfonamides is 1. The Morgan fingerprint density at radius 1 is 1.03 bits per heavy atom. The fraction of sp³-hybridized carbons (Fsp3) is 0.217. The number of nitrogens with zero attached hydrogens (tertiary/aromatic N) is 2. The van der Waals surface area contributed by atoms with E-state index in [2.05, 4.69) is 20.6 Å². The predicted octanol–water partition coefficient (Wildman–Crippen LogP) is 1.22. The normalized spacial score (nSPS) is 11.9. The monoisotopic (exact) mass is 515 g/mol. The number of amides is 1. The highest BCUT2D eigenvalue weighted by Gasteiger charge is 2.26. The molecular weight excluding hydrogens is 490 g/mol. The second-order valence-electron chi connectivity index (χ2n) is 7.42. The van der Waals surface area contributed by atoms with Crippen LogP contribution in [0, 0.1) is 0 Å². The molecule has 0 spiro atoms. The number of carboxylic acid groups (broad SMARTS) is 1. The standard InChI is InChI=1S/C23H25N5O7S/c29-20-14-16(35-13-5-12-26-23-24-10-4-11-25-23)8-9-18(20)21(30)27-15-19(22(31)32)28-36(33,34)17-6-2-1-3-7-17/h1-4,6-11,14,19,28-29H,5,12-13,15H2,(H,27,30)(H,31,32)(H,24,25,26)/t19-/m0/s1. The van der Waals surface area contributed by atoms with Crippen molar-refractivity contribution in [2.75, 3.05) is 25.0 Å². The number of rotatable bonds is 13. The van der Waals surface area contributed by atoms with Gasteiger partial charge in [-0.3, -0.25) is 9.59 Å². The average molecular weight is 516 g/mol. The molecule has 3 aromatic rings. The lowest BCUT2D eigenvalue weighted by molar-refractivity contribution is -0.138. The SMILES string of the molecule is O=C(NC[C@H](NS(=O)(=O)c1ccccc1)C(=O)O)c1ccc(OCCCNc2ncccn2)cc1O. The van der Waals surface area contributed by atoms with E-state index in [1.165, 1.54) is 42.5 Å². The number of hydrogen-bond acceptors (Lipinski definition) is 9. The van der Waals surface area contributed by atoms with Crippen LogP contribution in [0.1, 0.15) is 16.8 Å². The minimum Gasteiger partial charge on any atom is -0.507 e. The minimum absolute atomic E-state index is 0.111. The molecule has 190 valence electrons. The lowest BCUT2D eigenvalue weighted by Gasteiger charge is -2.16. The summed E-state index contributed by atoms with van der Waals surface area (Å²) >= 11 is 0. The van der Waals surface area contributed by atoms with E-state index in [-0.39, 0.29) is 16.2 Å². The van der Waals surface area contributed by atoms with E-state index in [9.17, 15) is 28.2 Å². The second-order valence-corrected chi connectivity index (χ2v) is 9.13. The molecule has 1 amide bonds. The fourth-order valence-electron chi connectivity index (χ4n) is 2.97. The molecule has 13 heteroatoms. The van der Waals surface area contributed by atoms with Crippen LogP contribution in [0.3, 0.4) is 0 Å². The van der Waals surface area contributed by atoms with Crippen molar-refractivity contribution < 1.29 is 33.0 Å². The smallest absolute Gasteiger partial charge is 0.323 e. The van der Waals surface area contributed by atoms with Crippen LogP contribution in [0.4, 0.5) is 5.95 Å². The van der Waals surface area contributed by atoms with E-state index < -0.39 is 34.5 Å². The minimum atomic E-state index is -4.12. The summed E-state index contributed by atoms with van der Waals surface area (Å²) in [5, 5.41) is 25.0. The van der Waals surface area contributed by atoms with Gasteiger partial charge in [-0.2, -0.15) is 4.72 Å². The van der Waals surface area contributed by atoms with E-state index in [0.29, 0.717) is 31.3 Å². The predicted molar refractivity (Wildman–Crippen MR) is 129 cm³/mol. The van der Waals surface area contributed by atoms with Crippen molar-refractivity contribution in [1.82, 2.24) is 20.0 Å². The van der Waals surface area contributed by atoms with Crippen LogP contribution in [-0.2, 0) is 14.8 Å². The van der Waals surface area contributed by atoms with Gasteiger partial charge in [0.1, 0.15) is 17.5 Å². The number of aromatic hydroxyl groups is 1. The molecule has 0 aliphatic heterocycles. The summed E-state index contributed by atoms with van der Waals surface area (Å²) in [6, 6.07) is 11.4. The first-order valence-electron chi connectivity index (χ1n) is 10.8. The Kier molecular flexibility index (Phi) is 9.13. The zero-order valence-electron chi connectivity index (χ0n) is 19.0. The van der Waals surface area contributed by atoms with Gasteiger partial charge in [-0.15, -0.1) is 0 Å². The van der Waals surface area contributed by atoms with Crippen LogP contribution >= 0.6 is 0 Å². The lowest BCUT2D eigenvalue weighted by atomic mass is 10.1. The number of phenolic OH excluding ortho intramolecular Hbond substituents is 1. The van der Waals surface area contributed by atoms with Gasteiger partial charge in [-0.25, -0.2) is 18.4 Å². The van der Waals surface area contributed by atoms with Crippen molar-refractivity contribution >= 4 is 27.8 Å². The Morgan fingerprint density at radius 3 is 2.42 bits per heavy atom. The summed E-state index contributed by atoms with van der Waals surface area (Å²) in [4.78, 5) is 32.0. The van der Waals surface area contributed by atoms with Crippen LogP contribution < -0.4 is 20.1 Å². The zero-order valence-corrected chi connectivity index (χ0v) is 19.8. The van der Waals surface area contributed by atoms with Gasteiger partial charge in [0.25, 0.3) is 5.91 Å². The number of aliphatic carboxylic acids is 1. The molecule has 1 aromatic heterocycles. The Labute approximate surface area is 207 Å². The van der Waals surface area contributed by atoms with Gasteiger partial charge >= 0.3 is 5.97 Å². The van der Waals surface area contributed by atoms with Crippen molar-refractivity contribution in [3.05, 3.63) is 72.6 Å². The van der Waals surface area contributed by atoms with Crippen molar-refractivity contribution in [1.29, 1.82) is 0 Å². The molecule has 12 nitrogen and oxygen atoms in total. The van der Waals surface area contributed by atoms with Crippen molar-refractivity contribution in [3.63, 3.8) is 0 Å². The molecule has 5 N–H and O–H groups in total. The molecule has 1 heterocycles. The third kappa shape index (κ3) is 7.65. The molecule has 0 unspecified atom stereocenters. The van der Waals surface area contributed by atoms with Crippen LogP contribution in [-0.4, -0.2) is 66.2 Å². The Bertz CT molecular complexity index is 1270. The number of benzene rings is 2. The zero-order chi connectivity index (χ0) is 26.0. The molecule has 2 aromatic carbocycles. The van der Waals surface area contributed by atoms with Gasteiger partial charge < -0.3 is 25.6 Å². The molecule has 0 saturated heterocycles. The summed E-state index contributed by atoms with van der Waals surface area (Å²) < 4.78 is 32.4. The van der Waals surface area contributed by atoms with Crippen LogP contribution in [0.15, 0.2) is 71.9 Å². The van der Waals surface area contributed by atoms with Crippen LogP contribution in [0.5, 0.6) is 11.5 Å². The van der Waals surface area contributed by atoms with Gasteiger partial charge in [0.2, 0.25) is 16.0 Å². The highest BCUT2D eigenvalue weighted by atomic mass is 32.2. The molecule has 0 aliphatic rings. The number of ether oxygens (including phenoxy) is 1. The molecule has 0 fully saturated rings. The van der Waals surface area contributed by atoms with Gasteiger partial charge in [0.15, 0.2) is 0 Å². The third-order valence-electron chi connectivity index (χ3n) is 4.77. The maximum atomic E-state index is 12.5. The number of phenols is 1. The van der Waals surface area contributed by atoms with E-state index >= 15 is 0 Å². The Morgan fingerprint density at radius 2 is 1.75 bits per heavy atom. The molecule has 0 bridgehead atoms. The number of anilines is 1. The highest BCUT2D eigenvalue weighted by Crippen LogP contribution is 2.23. The molecule has 3 rings (SSSR count). The second kappa shape index (κ2) is 12.5. The van der Waals surface area contributed by atoms with E-state index in [1.807, 2.05) is 4.72 Å². The first-order chi connectivity index (χ1) is 17.3. The number of carboxylic acids is 1. The molecular formula is C23H25N5O7S. The molecule has 1 atom stereocenters. The molecule has 0 radical (unpaired) electrons. The number of carbonyl (C=O) groups is 2. The molecule has 0 saturated carbocycles. The Hall–Kier alpha value is -4.23. The van der Waals surface area contributed by atoms with Gasteiger partial charge in [-0.1, -0.05) is 18.2 Å². The summed E-state index contributed by atoms with van der Waals surface area (Å²) in [5.41, 5.74) is -0.125. The lowest BCUT2D eigenvalue weighted by Crippen LogP contribution is -2.48. The first kappa shape index (κ1) is 26.4. The van der Waals surface area contributed by atoms with Crippen LogP contribution in [0.2, 0.25) is 0 Å². The van der Waals surface area contributed by atoms with Crippen molar-refractivity contribution in [2.45, 2.75) is 17.4 Å². The largest absolute Gasteiger partial charge is 0.507 e. The molecule has 36 heavy (non-hydrogen) atoms. The van der Waals surface area contributed by atoms with Crippen molar-refractivity contribution in [2.24, 2.45) is 0 Å². The first-order valence-corrected chi connectivity index (χ1v) is 12.3. The van der Waals surface area contributed by atoms with E-state index in [0.717, 1.165) is 0 Å². The maximum Gasteiger partial charge on any atom is 0.323 e. The van der Waals surface area contributed by atoms with E-state index in [4.69, 9.17) is 4.74 Å².